The van der Waals surface area contributed by atoms with Crippen molar-refractivity contribution in [1.82, 2.24) is 4.90 Å². The third-order valence-electron chi connectivity index (χ3n) is 5.08. The van der Waals surface area contributed by atoms with Crippen molar-refractivity contribution < 1.29 is 5.11 Å². The average molecular weight is 289 g/mol. The van der Waals surface area contributed by atoms with E-state index in [1.807, 2.05) is 12.1 Å². The van der Waals surface area contributed by atoms with E-state index in [1.54, 1.807) is 12.1 Å². The number of nitrogens with zero attached hydrogens (tertiary/aromatic N) is 1. The zero-order valence-corrected chi connectivity index (χ0v) is 14.1. The predicted octanol–water partition coefficient (Wildman–Crippen LogP) is 4.47. The highest BCUT2D eigenvalue weighted by atomic mass is 16.3. The van der Waals surface area contributed by atoms with Crippen LogP contribution >= 0.6 is 0 Å². The van der Waals surface area contributed by atoms with Crippen LogP contribution in [0.15, 0.2) is 24.3 Å². The van der Waals surface area contributed by atoms with Gasteiger partial charge >= 0.3 is 0 Å². The van der Waals surface area contributed by atoms with Gasteiger partial charge in [0.2, 0.25) is 0 Å². The number of phenols is 1. The van der Waals surface area contributed by atoms with Gasteiger partial charge < -0.3 is 10.0 Å². The Balaban J connectivity index is 1.91. The van der Waals surface area contributed by atoms with E-state index in [9.17, 15) is 5.11 Å². The lowest BCUT2D eigenvalue weighted by atomic mass is 9.77. The molecule has 0 bridgehead atoms. The lowest BCUT2D eigenvalue weighted by molar-refractivity contribution is 0.188. The van der Waals surface area contributed by atoms with E-state index in [2.05, 4.69) is 32.6 Å². The molecule has 2 rings (SSSR count). The predicted molar refractivity (Wildman–Crippen MR) is 89.6 cm³/mol. The molecule has 2 atom stereocenters. The van der Waals surface area contributed by atoms with Crippen LogP contribution < -0.4 is 0 Å². The van der Waals surface area contributed by atoms with Crippen molar-refractivity contribution in [2.24, 2.45) is 11.3 Å². The van der Waals surface area contributed by atoms with Crippen molar-refractivity contribution in [3.63, 3.8) is 0 Å². The van der Waals surface area contributed by atoms with E-state index in [1.165, 1.54) is 37.9 Å². The highest BCUT2D eigenvalue weighted by Crippen LogP contribution is 2.34. The van der Waals surface area contributed by atoms with Crippen molar-refractivity contribution in [2.45, 2.75) is 59.4 Å². The molecule has 0 aliphatic carbocycles. The second-order valence-corrected chi connectivity index (χ2v) is 7.75. The smallest absolute Gasteiger partial charge is 0.115 e. The zero-order chi connectivity index (χ0) is 15.5. The first-order valence-electron chi connectivity index (χ1n) is 8.38. The lowest BCUT2D eigenvalue weighted by Crippen LogP contribution is -2.35. The molecule has 1 aromatic carbocycles. The number of rotatable bonds is 3. The molecule has 1 heterocycles. The molecular weight excluding hydrogens is 258 g/mol. The van der Waals surface area contributed by atoms with Crippen LogP contribution in [0.2, 0.25) is 0 Å². The minimum atomic E-state index is 0.356. The number of aromatic hydroxyl groups is 1. The molecule has 2 unspecified atom stereocenters. The molecular formula is C19H31NO. The Labute approximate surface area is 130 Å². The molecule has 2 heteroatoms. The van der Waals surface area contributed by atoms with Gasteiger partial charge in [-0.1, -0.05) is 32.9 Å². The van der Waals surface area contributed by atoms with Crippen LogP contribution in [0.4, 0.5) is 0 Å². The minimum absolute atomic E-state index is 0.356. The molecule has 0 amide bonds. The number of hydrogen-bond donors (Lipinski definition) is 1. The van der Waals surface area contributed by atoms with Gasteiger partial charge in [0, 0.05) is 6.04 Å². The first-order chi connectivity index (χ1) is 9.86. The number of hydrogen-bond acceptors (Lipinski definition) is 2. The molecule has 0 aromatic heterocycles. The lowest BCUT2D eigenvalue weighted by Gasteiger charge is -2.31. The molecule has 0 radical (unpaired) electrons. The molecule has 1 fully saturated rings. The van der Waals surface area contributed by atoms with Crippen LogP contribution in [0.25, 0.3) is 0 Å². The summed E-state index contributed by atoms with van der Waals surface area (Å²) >= 11 is 0. The Morgan fingerprint density at radius 3 is 2.43 bits per heavy atom. The van der Waals surface area contributed by atoms with Gasteiger partial charge in [-0.25, -0.2) is 0 Å². The Hall–Kier alpha value is -1.02. The number of benzene rings is 1. The highest BCUT2D eigenvalue weighted by Gasteiger charge is 2.28. The Morgan fingerprint density at radius 1 is 1.14 bits per heavy atom. The van der Waals surface area contributed by atoms with Gasteiger partial charge in [0.15, 0.2) is 0 Å². The SMILES string of the molecule is CC(Cc1ccc(O)cc1)N1CCCC(C(C)(C)C)CC1. The topological polar surface area (TPSA) is 23.5 Å². The van der Waals surface area contributed by atoms with Crippen molar-refractivity contribution in [3.05, 3.63) is 29.8 Å². The fraction of sp³-hybridized carbons (Fsp3) is 0.684. The van der Waals surface area contributed by atoms with E-state index < -0.39 is 0 Å². The maximum atomic E-state index is 9.37. The third kappa shape index (κ3) is 4.74. The molecule has 118 valence electrons. The first kappa shape index (κ1) is 16.4. The van der Waals surface area contributed by atoms with Gasteiger partial charge in [-0.3, -0.25) is 0 Å². The normalized spacial score (nSPS) is 22.8. The molecule has 2 nitrogen and oxygen atoms in total. The van der Waals surface area contributed by atoms with Crippen molar-refractivity contribution >= 4 is 0 Å². The Kier molecular flexibility index (Phi) is 5.32. The van der Waals surface area contributed by atoms with Crippen molar-refractivity contribution in [3.8, 4) is 5.75 Å². The standard InChI is InChI=1S/C19H31NO/c1-15(14-16-7-9-18(21)10-8-16)20-12-5-6-17(11-13-20)19(2,3)4/h7-10,15,17,21H,5-6,11-14H2,1-4H3. The quantitative estimate of drug-likeness (QED) is 0.887. The molecule has 1 aliphatic rings. The fourth-order valence-electron chi connectivity index (χ4n) is 3.53. The van der Waals surface area contributed by atoms with Crippen molar-refractivity contribution in [1.29, 1.82) is 0 Å². The minimum Gasteiger partial charge on any atom is -0.508 e. The van der Waals surface area contributed by atoms with E-state index in [0.717, 1.165) is 12.3 Å². The summed E-state index contributed by atoms with van der Waals surface area (Å²) in [7, 11) is 0. The second kappa shape index (κ2) is 6.83. The van der Waals surface area contributed by atoms with Crippen LogP contribution in [0, 0.1) is 11.3 Å². The molecule has 1 N–H and O–H groups in total. The number of phenolic OH excluding ortho intramolecular Hbond substituents is 1. The van der Waals surface area contributed by atoms with Crippen LogP contribution in [0.3, 0.4) is 0 Å². The van der Waals surface area contributed by atoms with Gasteiger partial charge in [-0.2, -0.15) is 0 Å². The first-order valence-corrected chi connectivity index (χ1v) is 8.38. The summed E-state index contributed by atoms with van der Waals surface area (Å²) in [6.07, 6.45) is 5.08. The van der Waals surface area contributed by atoms with E-state index >= 15 is 0 Å². The zero-order valence-electron chi connectivity index (χ0n) is 14.1. The molecule has 0 saturated carbocycles. The van der Waals surface area contributed by atoms with E-state index in [0.29, 0.717) is 17.2 Å². The van der Waals surface area contributed by atoms with Crippen LogP contribution in [-0.4, -0.2) is 29.1 Å². The number of likely N-dealkylation sites (tertiary alicyclic amines) is 1. The van der Waals surface area contributed by atoms with Gasteiger partial charge in [0.25, 0.3) is 0 Å². The summed E-state index contributed by atoms with van der Waals surface area (Å²) in [5.41, 5.74) is 1.76. The van der Waals surface area contributed by atoms with Gasteiger partial charge in [-0.15, -0.1) is 0 Å². The van der Waals surface area contributed by atoms with Gasteiger partial charge in [0.05, 0.1) is 0 Å². The summed E-state index contributed by atoms with van der Waals surface area (Å²) in [4.78, 5) is 2.65. The Morgan fingerprint density at radius 2 is 1.81 bits per heavy atom. The summed E-state index contributed by atoms with van der Waals surface area (Å²) in [6, 6.07) is 8.25. The summed E-state index contributed by atoms with van der Waals surface area (Å²) in [5.74, 6) is 1.21. The maximum Gasteiger partial charge on any atom is 0.115 e. The maximum absolute atomic E-state index is 9.37. The molecule has 0 spiro atoms. The Bertz CT molecular complexity index is 432. The van der Waals surface area contributed by atoms with Crippen LogP contribution in [0.1, 0.15) is 52.5 Å². The van der Waals surface area contributed by atoms with Crippen molar-refractivity contribution in [2.75, 3.05) is 13.1 Å². The van der Waals surface area contributed by atoms with E-state index in [4.69, 9.17) is 0 Å². The molecule has 1 aromatic rings. The average Bonchev–Trinajstić information content (AvgIpc) is 2.67. The van der Waals surface area contributed by atoms with Gasteiger partial charge in [-0.05, 0) is 74.7 Å². The third-order valence-corrected chi connectivity index (χ3v) is 5.08. The fourth-order valence-corrected chi connectivity index (χ4v) is 3.53. The summed E-state index contributed by atoms with van der Waals surface area (Å²) in [6.45, 7) is 11.9. The highest BCUT2D eigenvalue weighted by molar-refractivity contribution is 5.26. The van der Waals surface area contributed by atoms with Gasteiger partial charge in [0.1, 0.15) is 5.75 Å². The van der Waals surface area contributed by atoms with E-state index in [-0.39, 0.29) is 0 Å². The molecule has 1 saturated heterocycles. The largest absolute Gasteiger partial charge is 0.508 e. The molecule has 21 heavy (non-hydrogen) atoms. The molecule has 1 aliphatic heterocycles. The second-order valence-electron chi connectivity index (χ2n) is 7.75. The summed E-state index contributed by atoms with van der Waals surface area (Å²) in [5, 5.41) is 9.37. The van der Waals surface area contributed by atoms with Crippen LogP contribution in [-0.2, 0) is 6.42 Å². The monoisotopic (exact) mass is 289 g/mol. The van der Waals surface area contributed by atoms with Crippen LogP contribution in [0.5, 0.6) is 5.75 Å². The summed E-state index contributed by atoms with van der Waals surface area (Å²) < 4.78 is 0.